The minimum Gasteiger partial charge on any atom is -0.497 e. The third-order valence-electron chi connectivity index (χ3n) is 5.81. The van der Waals surface area contributed by atoms with Gasteiger partial charge in [0.25, 0.3) is 0 Å². The van der Waals surface area contributed by atoms with Crippen molar-refractivity contribution in [1.82, 2.24) is 9.80 Å². The van der Waals surface area contributed by atoms with Crippen molar-refractivity contribution in [1.29, 1.82) is 0 Å². The van der Waals surface area contributed by atoms with Crippen molar-refractivity contribution >= 4 is 16.9 Å². The second-order valence-corrected chi connectivity index (χ2v) is 7.62. The summed E-state index contributed by atoms with van der Waals surface area (Å²) in [5.74, 6) is 1.79. The molecule has 0 radical (unpaired) electrons. The highest BCUT2D eigenvalue weighted by atomic mass is 16.5. The molecule has 1 saturated heterocycles. The quantitative estimate of drug-likeness (QED) is 0.600. The van der Waals surface area contributed by atoms with Gasteiger partial charge in [-0.05, 0) is 36.2 Å². The van der Waals surface area contributed by atoms with Crippen LogP contribution in [0.15, 0.2) is 53.1 Å². The van der Waals surface area contributed by atoms with E-state index in [0.717, 1.165) is 67.2 Å². The predicted molar refractivity (Wildman–Crippen MR) is 116 cm³/mol. The highest BCUT2D eigenvalue weighted by Gasteiger charge is 2.22. The molecule has 4 rings (SSSR count). The van der Waals surface area contributed by atoms with Crippen molar-refractivity contribution in [3.8, 4) is 11.5 Å². The number of furan rings is 1. The fraction of sp³-hybridized carbons (Fsp3) is 0.375. The lowest BCUT2D eigenvalue weighted by atomic mass is 10.1. The van der Waals surface area contributed by atoms with Gasteiger partial charge in [0.15, 0.2) is 0 Å². The summed E-state index contributed by atoms with van der Waals surface area (Å²) >= 11 is 0. The third kappa shape index (κ3) is 4.60. The number of carbonyl (C=O) groups excluding carboxylic acids is 1. The van der Waals surface area contributed by atoms with Gasteiger partial charge in [-0.2, -0.15) is 0 Å². The Labute approximate surface area is 177 Å². The van der Waals surface area contributed by atoms with Gasteiger partial charge >= 0.3 is 0 Å². The number of piperazine rings is 1. The Morgan fingerprint density at radius 1 is 0.967 bits per heavy atom. The molecular formula is C24H28N2O4. The lowest BCUT2D eigenvalue weighted by molar-refractivity contribution is -0.132. The molecule has 1 aliphatic rings. The van der Waals surface area contributed by atoms with Crippen LogP contribution in [-0.4, -0.2) is 62.7 Å². The van der Waals surface area contributed by atoms with Crippen molar-refractivity contribution in [2.24, 2.45) is 0 Å². The summed E-state index contributed by atoms with van der Waals surface area (Å²) in [6.45, 7) is 4.36. The van der Waals surface area contributed by atoms with Crippen LogP contribution in [-0.2, 0) is 17.6 Å². The van der Waals surface area contributed by atoms with Gasteiger partial charge in [0.05, 0.1) is 26.9 Å². The van der Waals surface area contributed by atoms with Crippen LogP contribution in [0.2, 0.25) is 0 Å². The van der Waals surface area contributed by atoms with E-state index in [4.69, 9.17) is 13.9 Å². The van der Waals surface area contributed by atoms with E-state index in [-0.39, 0.29) is 5.91 Å². The van der Waals surface area contributed by atoms with Gasteiger partial charge in [-0.1, -0.05) is 12.1 Å². The van der Waals surface area contributed by atoms with Crippen molar-refractivity contribution < 1.29 is 18.7 Å². The first-order valence-corrected chi connectivity index (χ1v) is 10.3. The van der Waals surface area contributed by atoms with Gasteiger partial charge in [0.2, 0.25) is 5.91 Å². The molecule has 0 unspecified atom stereocenters. The molecule has 0 atom stereocenters. The van der Waals surface area contributed by atoms with E-state index in [2.05, 4.69) is 17.0 Å². The molecule has 0 bridgehead atoms. The summed E-state index contributed by atoms with van der Waals surface area (Å²) in [6, 6.07) is 13.9. The zero-order chi connectivity index (χ0) is 20.9. The van der Waals surface area contributed by atoms with Gasteiger partial charge in [-0.3, -0.25) is 9.69 Å². The second-order valence-electron chi connectivity index (χ2n) is 7.62. The fourth-order valence-electron chi connectivity index (χ4n) is 3.90. The normalized spacial score (nSPS) is 14.8. The molecule has 0 N–H and O–H groups in total. The van der Waals surface area contributed by atoms with Gasteiger partial charge in [0.1, 0.15) is 17.1 Å². The second kappa shape index (κ2) is 9.22. The van der Waals surface area contributed by atoms with Gasteiger partial charge in [-0.15, -0.1) is 0 Å². The topological polar surface area (TPSA) is 55.2 Å². The molecule has 158 valence electrons. The SMILES string of the molecule is COc1ccc(CCN2CCN(C(=O)Cc3coc4cc(OC)ccc34)CC2)cc1. The number of hydrogen-bond donors (Lipinski definition) is 0. The maximum Gasteiger partial charge on any atom is 0.227 e. The summed E-state index contributed by atoms with van der Waals surface area (Å²) in [6.07, 6.45) is 3.06. The molecule has 30 heavy (non-hydrogen) atoms. The van der Waals surface area contributed by atoms with E-state index in [1.807, 2.05) is 35.2 Å². The molecule has 0 spiro atoms. The van der Waals surface area contributed by atoms with Crippen LogP contribution >= 0.6 is 0 Å². The average Bonchev–Trinajstić information content (AvgIpc) is 3.20. The van der Waals surface area contributed by atoms with Gasteiger partial charge in [-0.25, -0.2) is 0 Å². The maximum atomic E-state index is 12.8. The number of carbonyl (C=O) groups is 1. The molecule has 1 aliphatic heterocycles. The Balaban J connectivity index is 1.27. The zero-order valence-corrected chi connectivity index (χ0v) is 17.6. The highest BCUT2D eigenvalue weighted by molar-refractivity contribution is 5.88. The van der Waals surface area contributed by atoms with Crippen molar-refractivity contribution in [2.75, 3.05) is 46.9 Å². The number of methoxy groups -OCH3 is 2. The number of amides is 1. The van der Waals surface area contributed by atoms with Crippen LogP contribution in [0.3, 0.4) is 0 Å². The first-order valence-electron chi connectivity index (χ1n) is 10.3. The lowest BCUT2D eigenvalue weighted by Crippen LogP contribution is -2.49. The minimum absolute atomic E-state index is 0.156. The molecule has 6 nitrogen and oxygen atoms in total. The molecule has 1 aromatic heterocycles. The first-order chi connectivity index (χ1) is 14.7. The standard InChI is InChI=1S/C24H28N2O4/c1-28-20-5-3-18(4-6-20)9-10-25-11-13-26(14-12-25)24(27)15-19-17-30-23-16-21(29-2)7-8-22(19)23/h3-8,16-17H,9-15H2,1-2H3. The minimum atomic E-state index is 0.156. The van der Waals surface area contributed by atoms with Gasteiger partial charge < -0.3 is 18.8 Å². The summed E-state index contributed by atoms with van der Waals surface area (Å²) in [4.78, 5) is 17.2. The van der Waals surface area contributed by atoms with Crippen LogP contribution in [0.5, 0.6) is 11.5 Å². The Kier molecular flexibility index (Phi) is 6.23. The van der Waals surface area contributed by atoms with E-state index in [9.17, 15) is 4.79 Å². The molecule has 0 saturated carbocycles. The van der Waals surface area contributed by atoms with Crippen LogP contribution in [0.25, 0.3) is 11.0 Å². The number of fused-ring (bicyclic) bond motifs is 1. The number of ether oxygens (including phenoxy) is 2. The van der Waals surface area contributed by atoms with Gasteiger partial charge in [0, 0.05) is 49.7 Å². The van der Waals surface area contributed by atoms with Crippen molar-refractivity contribution in [2.45, 2.75) is 12.8 Å². The molecule has 2 aromatic carbocycles. The summed E-state index contributed by atoms with van der Waals surface area (Å²) in [5.41, 5.74) is 2.98. The van der Waals surface area contributed by atoms with E-state index in [1.165, 1.54) is 5.56 Å². The van der Waals surface area contributed by atoms with E-state index >= 15 is 0 Å². The molecule has 6 heteroatoms. The number of rotatable bonds is 7. The molecule has 1 fully saturated rings. The molecule has 3 aromatic rings. The first kappa shape index (κ1) is 20.3. The van der Waals surface area contributed by atoms with Crippen LogP contribution in [0, 0.1) is 0 Å². The molecular weight excluding hydrogens is 380 g/mol. The van der Waals surface area contributed by atoms with Crippen LogP contribution < -0.4 is 9.47 Å². The monoisotopic (exact) mass is 408 g/mol. The largest absolute Gasteiger partial charge is 0.497 e. The van der Waals surface area contributed by atoms with Crippen molar-refractivity contribution in [3.63, 3.8) is 0 Å². The molecule has 2 heterocycles. The van der Waals surface area contributed by atoms with E-state index < -0.39 is 0 Å². The van der Waals surface area contributed by atoms with Crippen molar-refractivity contribution in [3.05, 3.63) is 59.9 Å². The smallest absolute Gasteiger partial charge is 0.227 e. The third-order valence-corrected chi connectivity index (χ3v) is 5.81. The summed E-state index contributed by atoms with van der Waals surface area (Å²) in [5, 5.41) is 0.974. The Morgan fingerprint density at radius 3 is 2.37 bits per heavy atom. The van der Waals surface area contributed by atoms with E-state index in [0.29, 0.717) is 6.42 Å². The highest BCUT2D eigenvalue weighted by Crippen LogP contribution is 2.26. The average molecular weight is 408 g/mol. The Hall–Kier alpha value is -2.99. The van der Waals surface area contributed by atoms with Crippen LogP contribution in [0.1, 0.15) is 11.1 Å². The predicted octanol–water partition coefficient (Wildman–Crippen LogP) is 3.38. The fourth-order valence-corrected chi connectivity index (χ4v) is 3.90. The molecule has 1 amide bonds. The Bertz CT molecular complexity index is 988. The lowest BCUT2D eigenvalue weighted by Gasteiger charge is -2.34. The summed E-state index contributed by atoms with van der Waals surface area (Å²) < 4.78 is 16.1. The molecule has 0 aliphatic carbocycles. The number of nitrogens with zero attached hydrogens (tertiary/aromatic N) is 2. The summed E-state index contributed by atoms with van der Waals surface area (Å²) in [7, 11) is 3.31. The number of benzene rings is 2. The zero-order valence-electron chi connectivity index (χ0n) is 17.6. The van der Waals surface area contributed by atoms with Crippen LogP contribution in [0.4, 0.5) is 0 Å². The Morgan fingerprint density at radius 2 is 1.67 bits per heavy atom. The van der Waals surface area contributed by atoms with E-state index in [1.54, 1.807) is 20.5 Å². The maximum absolute atomic E-state index is 12.8. The number of hydrogen-bond acceptors (Lipinski definition) is 5.